The fourth-order valence-corrected chi connectivity index (χ4v) is 4.92. The maximum Gasteiger partial charge on any atom is 0.262 e. The molecule has 0 fully saturated rings. The monoisotopic (exact) mass is 495 g/mol. The molecule has 2 aromatic heterocycles. The standard InChI is InChI=1S/C24H25N5O5S/c1-14-12-17(22-15(2)27-29(3)23(22)25-14)24(30)26-19-13-16(10-11-21(19)34-5)35(31,32)28-18-8-6-7-9-20(18)33-4/h6-13,28H,1-5H3,(H,26,30). The highest BCUT2D eigenvalue weighted by atomic mass is 32.2. The van der Waals surface area contributed by atoms with Crippen LogP contribution in [0.25, 0.3) is 11.0 Å². The first-order chi connectivity index (χ1) is 16.6. The Morgan fingerprint density at radius 3 is 2.37 bits per heavy atom. The van der Waals surface area contributed by atoms with E-state index in [0.717, 1.165) is 0 Å². The van der Waals surface area contributed by atoms with Crippen molar-refractivity contribution < 1.29 is 22.7 Å². The Balaban J connectivity index is 1.71. The number of sulfonamides is 1. The van der Waals surface area contributed by atoms with E-state index in [1.165, 1.54) is 32.4 Å². The average Bonchev–Trinajstić information content (AvgIpc) is 3.11. The van der Waals surface area contributed by atoms with Crippen molar-refractivity contribution in [3.8, 4) is 11.5 Å². The number of fused-ring (bicyclic) bond motifs is 1. The van der Waals surface area contributed by atoms with E-state index in [1.807, 2.05) is 0 Å². The number of pyridine rings is 1. The van der Waals surface area contributed by atoms with Crippen molar-refractivity contribution in [2.45, 2.75) is 18.7 Å². The van der Waals surface area contributed by atoms with E-state index in [9.17, 15) is 13.2 Å². The number of methoxy groups -OCH3 is 2. The SMILES string of the molecule is COc1ccc(S(=O)(=O)Nc2ccccc2OC)cc1NC(=O)c1cc(C)nc2c1c(C)nn2C. The number of carbonyl (C=O) groups is 1. The molecule has 0 saturated carbocycles. The van der Waals surface area contributed by atoms with Crippen LogP contribution in [-0.4, -0.2) is 43.3 Å². The van der Waals surface area contributed by atoms with E-state index < -0.39 is 15.9 Å². The number of nitrogens with one attached hydrogen (secondary N) is 2. The van der Waals surface area contributed by atoms with Gasteiger partial charge in [0.2, 0.25) is 0 Å². The van der Waals surface area contributed by atoms with E-state index >= 15 is 0 Å². The highest BCUT2D eigenvalue weighted by molar-refractivity contribution is 7.92. The summed E-state index contributed by atoms with van der Waals surface area (Å²) in [6.07, 6.45) is 0. The summed E-state index contributed by atoms with van der Waals surface area (Å²) in [7, 11) is 0.652. The van der Waals surface area contributed by atoms with Crippen LogP contribution < -0.4 is 19.5 Å². The number of rotatable bonds is 7. The first-order valence-electron chi connectivity index (χ1n) is 10.6. The summed E-state index contributed by atoms with van der Waals surface area (Å²) in [4.78, 5) is 17.7. The molecule has 0 aliphatic heterocycles. The third-order valence-electron chi connectivity index (χ3n) is 5.42. The van der Waals surface area contributed by atoms with Crippen molar-refractivity contribution in [3.05, 3.63) is 65.5 Å². The van der Waals surface area contributed by atoms with Crippen LogP contribution >= 0.6 is 0 Å². The van der Waals surface area contributed by atoms with Gasteiger partial charge in [-0.1, -0.05) is 12.1 Å². The van der Waals surface area contributed by atoms with Gasteiger partial charge in [-0.05, 0) is 50.2 Å². The van der Waals surface area contributed by atoms with Crippen molar-refractivity contribution in [2.75, 3.05) is 24.3 Å². The van der Waals surface area contributed by atoms with E-state index in [2.05, 4.69) is 20.1 Å². The fraction of sp³-hybridized carbons (Fsp3) is 0.208. The van der Waals surface area contributed by atoms with E-state index in [4.69, 9.17) is 9.47 Å². The zero-order valence-electron chi connectivity index (χ0n) is 19.9. The highest BCUT2D eigenvalue weighted by Gasteiger charge is 2.22. The molecular weight excluding hydrogens is 470 g/mol. The first kappa shape index (κ1) is 24.0. The molecule has 0 saturated heterocycles. The van der Waals surface area contributed by atoms with Crippen molar-refractivity contribution in [1.82, 2.24) is 14.8 Å². The number of carbonyl (C=O) groups excluding carboxylic acids is 1. The van der Waals surface area contributed by atoms with Crippen LogP contribution in [0.5, 0.6) is 11.5 Å². The third kappa shape index (κ3) is 4.62. The van der Waals surface area contributed by atoms with E-state index in [0.29, 0.717) is 39.5 Å². The average molecular weight is 496 g/mol. The molecule has 182 valence electrons. The van der Waals surface area contributed by atoms with Gasteiger partial charge < -0.3 is 14.8 Å². The zero-order valence-corrected chi connectivity index (χ0v) is 20.7. The number of hydrogen-bond acceptors (Lipinski definition) is 7. The van der Waals surface area contributed by atoms with Gasteiger partial charge >= 0.3 is 0 Å². The predicted octanol–water partition coefficient (Wildman–Crippen LogP) is 3.66. The molecule has 35 heavy (non-hydrogen) atoms. The normalized spacial score (nSPS) is 11.3. The van der Waals surface area contributed by atoms with Crippen LogP contribution in [0, 0.1) is 13.8 Å². The molecule has 2 aromatic carbocycles. The lowest BCUT2D eigenvalue weighted by Gasteiger charge is -2.15. The number of aryl methyl sites for hydroxylation is 3. The summed E-state index contributed by atoms with van der Waals surface area (Å²) < 4.78 is 40.9. The summed E-state index contributed by atoms with van der Waals surface area (Å²) in [5, 5.41) is 7.78. The molecule has 4 aromatic rings. The van der Waals surface area contributed by atoms with Crippen molar-refractivity contribution in [2.24, 2.45) is 7.05 Å². The highest BCUT2D eigenvalue weighted by Crippen LogP contribution is 2.31. The Morgan fingerprint density at radius 2 is 1.66 bits per heavy atom. The minimum absolute atomic E-state index is 0.0619. The number of para-hydroxylation sites is 2. The molecule has 0 bridgehead atoms. The third-order valence-corrected chi connectivity index (χ3v) is 6.79. The first-order valence-corrected chi connectivity index (χ1v) is 12.1. The summed E-state index contributed by atoms with van der Waals surface area (Å²) >= 11 is 0. The summed E-state index contributed by atoms with van der Waals surface area (Å²) in [5.74, 6) is 0.240. The molecule has 0 atom stereocenters. The number of amides is 1. The number of ether oxygens (including phenoxy) is 2. The zero-order chi connectivity index (χ0) is 25.3. The second-order valence-electron chi connectivity index (χ2n) is 7.84. The van der Waals surface area contributed by atoms with Gasteiger partial charge in [0.1, 0.15) is 11.5 Å². The number of benzene rings is 2. The second-order valence-corrected chi connectivity index (χ2v) is 9.52. The Labute approximate surface area is 202 Å². The smallest absolute Gasteiger partial charge is 0.262 e. The lowest BCUT2D eigenvalue weighted by Crippen LogP contribution is -2.16. The van der Waals surface area contributed by atoms with Crippen LogP contribution in [0.2, 0.25) is 0 Å². The largest absolute Gasteiger partial charge is 0.495 e. The van der Waals surface area contributed by atoms with Gasteiger partial charge in [0.05, 0.1) is 47.1 Å². The Kier molecular flexibility index (Phi) is 6.35. The van der Waals surface area contributed by atoms with Gasteiger partial charge in [-0.15, -0.1) is 0 Å². The minimum Gasteiger partial charge on any atom is -0.495 e. The molecule has 0 aliphatic carbocycles. The molecule has 0 spiro atoms. The topological polar surface area (TPSA) is 124 Å². The molecule has 1 amide bonds. The number of anilines is 2. The minimum atomic E-state index is -4.00. The Morgan fingerprint density at radius 1 is 0.971 bits per heavy atom. The van der Waals surface area contributed by atoms with Gasteiger partial charge in [0, 0.05) is 12.7 Å². The summed E-state index contributed by atoms with van der Waals surface area (Å²) in [6, 6.07) is 12.6. The summed E-state index contributed by atoms with van der Waals surface area (Å²) in [6.45, 7) is 3.59. The molecule has 11 heteroatoms. The quantitative estimate of drug-likeness (QED) is 0.401. The molecule has 0 unspecified atom stereocenters. The molecule has 0 radical (unpaired) electrons. The predicted molar refractivity (Wildman–Crippen MR) is 133 cm³/mol. The molecule has 0 aliphatic rings. The van der Waals surface area contributed by atoms with Crippen LogP contribution in [0.3, 0.4) is 0 Å². The van der Waals surface area contributed by atoms with Crippen LogP contribution in [-0.2, 0) is 17.1 Å². The fourth-order valence-electron chi connectivity index (χ4n) is 3.82. The van der Waals surface area contributed by atoms with Gasteiger partial charge in [-0.3, -0.25) is 14.2 Å². The molecule has 4 rings (SSSR count). The molecule has 2 N–H and O–H groups in total. The molecular formula is C24H25N5O5S. The second kappa shape index (κ2) is 9.26. The Bertz CT molecular complexity index is 1550. The summed E-state index contributed by atoms with van der Waals surface area (Å²) in [5.41, 5.74) is 2.75. The van der Waals surface area contributed by atoms with E-state index in [1.54, 1.807) is 55.9 Å². The lowest BCUT2D eigenvalue weighted by atomic mass is 10.1. The van der Waals surface area contributed by atoms with Crippen molar-refractivity contribution in [1.29, 1.82) is 0 Å². The van der Waals surface area contributed by atoms with Crippen molar-refractivity contribution in [3.63, 3.8) is 0 Å². The number of hydrogen-bond donors (Lipinski definition) is 2. The van der Waals surface area contributed by atoms with Crippen molar-refractivity contribution >= 4 is 38.3 Å². The van der Waals surface area contributed by atoms with Gasteiger partial charge in [-0.25, -0.2) is 13.4 Å². The van der Waals surface area contributed by atoms with Gasteiger partial charge in [0.15, 0.2) is 5.65 Å². The lowest BCUT2D eigenvalue weighted by molar-refractivity contribution is 0.102. The Hall–Kier alpha value is -4.12. The molecule has 10 nitrogen and oxygen atoms in total. The van der Waals surface area contributed by atoms with E-state index in [-0.39, 0.29) is 16.3 Å². The van der Waals surface area contributed by atoms with Gasteiger partial charge in [-0.2, -0.15) is 5.10 Å². The van der Waals surface area contributed by atoms with Crippen LogP contribution in [0.15, 0.2) is 53.4 Å². The van der Waals surface area contributed by atoms with Crippen LogP contribution in [0.4, 0.5) is 11.4 Å². The van der Waals surface area contributed by atoms with Gasteiger partial charge in [0.25, 0.3) is 15.9 Å². The maximum absolute atomic E-state index is 13.3. The maximum atomic E-state index is 13.3. The molecule has 2 heterocycles. The number of aromatic nitrogens is 3. The van der Waals surface area contributed by atoms with Crippen LogP contribution in [0.1, 0.15) is 21.7 Å². The number of nitrogens with zero attached hydrogens (tertiary/aromatic N) is 3.